The average Bonchev–Trinajstić information content (AvgIpc) is 2.58. The van der Waals surface area contributed by atoms with Crippen LogP contribution in [-0.4, -0.2) is 28.2 Å². The zero-order chi connectivity index (χ0) is 10.7. The van der Waals surface area contributed by atoms with Crippen LogP contribution in [0.2, 0.25) is 0 Å². The minimum atomic E-state index is -0.0593. The Labute approximate surface area is 87.9 Å². The molecule has 1 aliphatic heterocycles. The summed E-state index contributed by atoms with van der Waals surface area (Å²) in [5.41, 5.74) is 0.907. The lowest BCUT2D eigenvalue weighted by Gasteiger charge is -2.12. The van der Waals surface area contributed by atoms with E-state index in [1.54, 1.807) is 6.20 Å². The lowest BCUT2D eigenvalue weighted by Crippen LogP contribution is -2.31. The Balaban J connectivity index is 1.93. The van der Waals surface area contributed by atoms with Gasteiger partial charge in [-0.05, 0) is 12.1 Å². The molecule has 2 heterocycles. The van der Waals surface area contributed by atoms with Crippen molar-refractivity contribution in [2.24, 2.45) is 0 Å². The number of rotatable bonds is 3. The van der Waals surface area contributed by atoms with E-state index in [4.69, 9.17) is 0 Å². The van der Waals surface area contributed by atoms with E-state index < -0.39 is 0 Å². The first-order chi connectivity index (χ1) is 7.27. The van der Waals surface area contributed by atoms with Crippen LogP contribution in [0.5, 0.6) is 0 Å². The van der Waals surface area contributed by atoms with E-state index in [1.807, 2.05) is 18.2 Å². The fourth-order valence-corrected chi connectivity index (χ4v) is 1.64. The van der Waals surface area contributed by atoms with Gasteiger partial charge in [0.25, 0.3) is 0 Å². The Hall–Kier alpha value is -1.71. The summed E-state index contributed by atoms with van der Waals surface area (Å²) in [5, 5.41) is 0. The predicted octanol–water partition coefficient (Wildman–Crippen LogP) is 0.773. The van der Waals surface area contributed by atoms with E-state index in [-0.39, 0.29) is 11.8 Å². The molecular formula is C11H12N2O2. The highest BCUT2D eigenvalue weighted by molar-refractivity contribution is 6.01. The summed E-state index contributed by atoms with van der Waals surface area (Å²) >= 11 is 0. The molecule has 4 nitrogen and oxygen atoms in total. The zero-order valence-electron chi connectivity index (χ0n) is 8.35. The summed E-state index contributed by atoms with van der Waals surface area (Å²) < 4.78 is 0. The second-order valence-electron chi connectivity index (χ2n) is 3.51. The van der Waals surface area contributed by atoms with Gasteiger partial charge in [0.15, 0.2) is 0 Å². The van der Waals surface area contributed by atoms with Gasteiger partial charge >= 0.3 is 0 Å². The summed E-state index contributed by atoms with van der Waals surface area (Å²) in [6, 6.07) is 5.64. The molecule has 0 aromatic carbocycles. The third-order valence-corrected chi connectivity index (χ3v) is 2.47. The topological polar surface area (TPSA) is 50.3 Å². The lowest BCUT2D eigenvalue weighted by atomic mass is 10.2. The number of pyridine rings is 1. The van der Waals surface area contributed by atoms with Gasteiger partial charge in [-0.1, -0.05) is 6.07 Å². The van der Waals surface area contributed by atoms with Crippen molar-refractivity contribution in [1.82, 2.24) is 9.88 Å². The number of hydrogen-bond donors (Lipinski definition) is 0. The van der Waals surface area contributed by atoms with E-state index in [0.717, 1.165) is 5.69 Å². The number of carbonyl (C=O) groups excluding carboxylic acids is 2. The van der Waals surface area contributed by atoms with E-state index in [0.29, 0.717) is 25.8 Å². The highest BCUT2D eigenvalue weighted by Gasteiger charge is 2.28. The van der Waals surface area contributed by atoms with Gasteiger partial charge in [-0.2, -0.15) is 0 Å². The molecule has 2 amide bonds. The normalized spacial score (nSPS) is 16.1. The highest BCUT2D eigenvalue weighted by Crippen LogP contribution is 2.11. The number of carbonyl (C=O) groups is 2. The molecule has 1 fully saturated rings. The average molecular weight is 204 g/mol. The van der Waals surface area contributed by atoms with Crippen molar-refractivity contribution < 1.29 is 9.59 Å². The molecule has 0 radical (unpaired) electrons. The number of likely N-dealkylation sites (tertiary alicyclic amines) is 1. The summed E-state index contributed by atoms with van der Waals surface area (Å²) in [6.45, 7) is 0.453. The monoisotopic (exact) mass is 204 g/mol. The number of imide groups is 1. The Morgan fingerprint density at radius 2 is 1.93 bits per heavy atom. The molecule has 1 aromatic rings. The van der Waals surface area contributed by atoms with E-state index in [9.17, 15) is 9.59 Å². The first-order valence-electron chi connectivity index (χ1n) is 5.00. The molecule has 0 unspecified atom stereocenters. The lowest BCUT2D eigenvalue weighted by molar-refractivity contribution is -0.138. The van der Waals surface area contributed by atoms with E-state index >= 15 is 0 Å². The smallest absolute Gasteiger partial charge is 0.229 e. The minimum Gasteiger partial charge on any atom is -0.282 e. The third kappa shape index (κ3) is 2.21. The maximum absolute atomic E-state index is 11.3. The fourth-order valence-electron chi connectivity index (χ4n) is 1.64. The van der Waals surface area contributed by atoms with Crippen LogP contribution in [0.3, 0.4) is 0 Å². The third-order valence-electron chi connectivity index (χ3n) is 2.47. The predicted molar refractivity (Wildman–Crippen MR) is 53.9 cm³/mol. The molecule has 1 aromatic heterocycles. The van der Waals surface area contributed by atoms with Gasteiger partial charge < -0.3 is 0 Å². The molecule has 0 atom stereocenters. The molecule has 2 rings (SSSR count). The fraction of sp³-hybridized carbons (Fsp3) is 0.364. The first-order valence-corrected chi connectivity index (χ1v) is 5.00. The van der Waals surface area contributed by atoms with Gasteiger partial charge in [0.1, 0.15) is 0 Å². The summed E-state index contributed by atoms with van der Waals surface area (Å²) in [4.78, 5) is 28.0. The Kier molecular flexibility index (Phi) is 2.76. The second kappa shape index (κ2) is 4.21. The molecule has 0 aliphatic carbocycles. The quantitative estimate of drug-likeness (QED) is 0.683. The molecule has 0 N–H and O–H groups in total. The van der Waals surface area contributed by atoms with Crippen molar-refractivity contribution in [3.8, 4) is 0 Å². The van der Waals surface area contributed by atoms with Gasteiger partial charge in [-0.25, -0.2) is 0 Å². The van der Waals surface area contributed by atoms with E-state index in [2.05, 4.69) is 4.98 Å². The maximum atomic E-state index is 11.3. The van der Waals surface area contributed by atoms with Crippen molar-refractivity contribution in [2.45, 2.75) is 19.3 Å². The number of nitrogens with zero attached hydrogens (tertiary/aromatic N) is 2. The highest BCUT2D eigenvalue weighted by atomic mass is 16.2. The van der Waals surface area contributed by atoms with Crippen molar-refractivity contribution in [3.05, 3.63) is 30.1 Å². The SMILES string of the molecule is O=C1CCC(=O)N1CCc1ccccn1. The van der Waals surface area contributed by atoms with Gasteiger partial charge in [0.2, 0.25) is 11.8 Å². The van der Waals surface area contributed by atoms with Crippen molar-refractivity contribution in [2.75, 3.05) is 6.54 Å². The zero-order valence-corrected chi connectivity index (χ0v) is 8.35. The molecule has 0 saturated carbocycles. The number of amides is 2. The van der Waals surface area contributed by atoms with Crippen LogP contribution in [0.15, 0.2) is 24.4 Å². The van der Waals surface area contributed by atoms with E-state index in [1.165, 1.54) is 4.90 Å². The van der Waals surface area contributed by atoms with Crippen LogP contribution in [0.25, 0.3) is 0 Å². The molecule has 15 heavy (non-hydrogen) atoms. The first kappa shape index (κ1) is 9.83. The molecule has 0 bridgehead atoms. The Morgan fingerprint density at radius 1 is 1.20 bits per heavy atom. The molecular weight excluding hydrogens is 192 g/mol. The molecule has 0 spiro atoms. The van der Waals surface area contributed by atoms with Gasteiger partial charge in [0, 0.05) is 37.7 Å². The minimum absolute atomic E-state index is 0.0593. The Morgan fingerprint density at radius 3 is 2.53 bits per heavy atom. The largest absolute Gasteiger partial charge is 0.282 e. The van der Waals surface area contributed by atoms with Crippen LogP contribution in [0.4, 0.5) is 0 Å². The van der Waals surface area contributed by atoms with Crippen LogP contribution < -0.4 is 0 Å². The maximum Gasteiger partial charge on any atom is 0.229 e. The van der Waals surface area contributed by atoms with Crippen LogP contribution in [0.1, 0.15) is 18.5 Å². The molecule has 78 valence electrons. The second-order valence-corrected chi connectivity index (χ2v) is 3.51. The number of hydrogen-bond acceptors (Lipinski definition) is 3. The Bertz CT molecular complexity index is 359. The van der Waals surface area contributed by atoms with Crippen molar-refractivity contribution >= 4 is 11.8 Å². The summed E-state index contributed by atoms with van der Waals surface area (Å²) in [6.07, 6.45) is 3.07. The molecule has 1 saturated heterocycles. The van der Waals surface area contributed by atoms with Crippen molar-refractivity contribution in [3.63, 3.8) is 0 Å². The number of aromatic nitrogens is 1. The summed E-state index contributed by atoms with van der Waals surface area (Å²) in [5.74, 6) is -0.119. The summed E-state index contributed by atoms with van der Waals surface area (Å²) in [7, 11) is 0. The van der Waals surface area contributed by atoms with Crippen LogP contribution >= 0.6 is 0 Å². The van der Waals surface area contributed by atoms with Crippen molar-refractivity contribution in [1.29, 1.82) is 0 Å². The molecule has 1 aliphatic rings. The van der Waals surface area contributed by atoms with Crippen LogP contribution in [-0.2, 0) is 16.0 Å². The molecule has 4 heteroatoms. The van der Waals surface area contributed by atoms with Gasteiger partial charge in [-0.3, -0.25) is 19.5 Å². The van der Waals surface area contributed by atoms with Gasteiger partial charge in [0.05, 0.1) is 0 Å². The van der Waals surface area contributed by atoms with Gasteiger partial charge in [-0.15, -0.1) is 0 Å². The standard InChI is InChI=1S/C11H12N2O2/c14-10-4-5-11(15)13(10)8-6-9-3-1-2-7-12-9/h1-3,7H,4-6,8H2. The van der Waals surface area contributed by atoms with Crippen LogP contribution in [0, 0.1) is 0 Å².